The van der Waals surface area contributed by atoms with E-state index in [4.69, 9.17) is 9.47 Å². The minimum Gasteiger partial charge on any atom is -0.444 e. The number of carbonyl (C=O) groups excluding carboxylic acids is 3. The third kappa shape index (κ3) is 8.21. The maximum Gasteiger partial charge on any atom is 0.412 e. The van der Waals surface area contributed by atoms with Crippen LogP contribution in [0.2, 0.25) is 0 Å². The Morgan fingerprint density at radius 1 is 0.848 bits per heavy atom. The van der Waals surface area contributed by atoms with Gasteiger partial charge in [0.15, 0.2) is 0 Å². The molecule has 3 rings (SSSR count). The largest absolute Gasteiger partial charge is 0.444 e. The molecule has 0 unspecified atom stereocenters. The summed E-state index contributed by atoms with van der Waals surface area (Å²) in [5.74, 6) is -0.378. The van der Waals surface area contributed by atoms with E-state index >= 15 is 0 Å². The highest BCUT2D eigenvalue weighted by Crippen LogP contribution is 2.17. The number of morpholine rings is 1. The van der Waals surface area contributed by atoms with Gasteiger partial charge < -0.3 is 20.1 Å². The van der Waals surface area contributed by atoms with E-state index < -0.39 is 11.7 Å². The fourth-order valence-electron chi connectivity index (χ4n) is 3.13. The van der Waals surface area contributed by atoms with E-state index in [9.17, 15) is 14.4 Å². The van der Waals surface area contributed by atoms with Gasteiger partial charge in [-0.2, -0.15) is 0 Å². The van der Waals surface area contributed by atoms with Crippen LogP contribution in [0.1, 0.15) is 31.1 Å². The molecule has 0 atom stereocenters. The van der Waals surface area contributed by atoms with Crippen molar-refractivity contribution < 1.29 is 23.9 Å². The number of rotatable bonds is 6. The average molecular weight is 455 g/mol. The molecule has 1 heterocycles. The molecule has 0 radical (unpaired) electrons. The number of nitrogens with zero attached hydrogens (tertiary/aromatic N) is 1. The molecule has 3 amide bonds. The number of carbonyl (C=O) groups is 3. The summed E-state index contributed by atoms with van der Waals surface area (Å²) in [6, 6.07) is 13.4. The van der Waals surface area contributed by atoms with Crippen molar-refractivity contribution in [2.24, 2.45) is 0 Å². The number of hydrogen-bond donors (Lipinski definition) is 3. The van der Waals surface area contributed by atoms with Gasteiger partial charge in [0, 0.05) is 35.7 Å². The van der Waals surface area contributed by atoms with E-state index in [1.54, 1.807) is 69.3 Å². The third-order valence-corrected chi connectivity index (χ3v) is 4.69. The molecule has 0 aliphatic carbocycles. The molecule has 0 spiro atoms. The second-order valence-electron chi connectivity index (χ2n) is 8.67. The Bertz CT molecular complexity index is 962. The molecule has 0 saturated carbocycles. The van der Waals surface area contributed by atoms with Gasteiger partial charge >= 0.3 is 6.09 Å². The number of benzene rings is 2. The van der Waals surface area contributed by atoms with E-state index in [1.807, 2.05) is 4.90 Å². The first kappa shape index (κ1) is 24.2. The quantitative estimate of drug-likeness (QED) is 0.616. The molecular formula is C24H30N4O5. The second-order valence-corrected chi connectivity index (χ2v) is 8.67. The van der Waals surface area contributed by atoms with Gasteiger partial charge in [0.05, 0.1) is 19.8 Å². The Morgan fingerprint density at radius 2 is 1.36 bits per heavy atom. The van der Waals surface area contributed by atoms with E-state index in [0.29, 0.717) is 42.4 Å². The van der Waals surface area contributed by atoms with Crippen LogP contribution < -0.4 is 16.0 Å². The van der Waals surface area contributed by atoms with Crippen LogP contribution in [0, 0.1) is 0 Å². The Labute approximate surface area is 193 Å². The lowest BCUT2D eigenvalue weighted by Gasteiger charge is -2.25. The molecule has 3 N–H and O–H groups in total. The number of hydrogen-bond acceptors (Lipinski definition) is 6. The van der Waals surface area contributed by atoms with Crippen molar-refractivity contribution in [1.82, 2.24) is 4.90 Å². The van der Waals surface area contributed by atoms with Crippen molar-refractivity contribution in [2.45, 2.75) is 26.4 Å². The normalized spacial score (nSPS) is 14.3. The summed E-state index contributed by atoms with van der Waals surface area (Å²) in [6.07, 6.45) is -0.558. The van der Waals surface area contributed by atoms with Gasteiger partial charge in [0.2, 0.25) is 5.91 Å². The summed E-state index contributed by atoms with van der Waals surface area (Å²) in [5, 5.41) is 8.29. The lowest BCUT2D eigenvalue weighted by atomic mass is 10.2. The maximum atomic E-state index is 12.5. The van der Waals surface area contributed by atoms with Gasteiger partial charge in [-0.3, -0.25) is 19.8 Å². The van der Waals surface area contributed by atoms with Crippen LogP contribution in [0.3, 0.4) is 0 Å². The van der Waals surface area contributed by atoms with Crippen molar-refractivity contribution in [3.05, 3.63) is 54.1 Å². The minimum atomic E-state index is -0.592. The van der Waals surface area contributed by atoms with Crippen molar-refractivity contribution in [2.75, 3.05) is 48.8 Å². The molecule has 33 heavy (non-hydrogen) atoms. The lowest BCUT2D eigenvalue weighted by Crippen LogP contribution is -2.41. The van der Waals surface area contributed by atoms with Gasteiger partial charge in [0.1, 0.15) is 5.60 Å². The van der Waals surface area contributed by atoms with E-state index in [1.165, 1.54) is 0 Å². The summed E-state index contributed by atoms with van der Waals surface area (Å²) in [6.45, 7) is 8.45. The summed E-state index contributed by atoms with van der Waals surface area (Å²) in [4.78, 5) is 38.6. The maximum absolute atomic E-state index is 12.5. The summed E-state index contributed by atoms with van der Waals surface area (Å²) < 4.78 is 10.5. The minimum absolute atomic E-state index is 0.0891. The molecule has 1 saturated heterocycles. The molecular weight excluding hydrogens is 424 g/mol. The standard InChI is InChI=1S/C24H30N4O5/c1-24(2,3)33-23(31)27-20-6-4-17(5-7-20)22(30)26-19-10-8-18(9-11-19)25-21(29)16-28-12-14-32-15-13-28/h4-11H,12-16H2,1-3H3,(H,25,29)(H,26,30)(H,27,31). The summed E-state index contributed by atoms with van der Waals surface area (Å²) in [5.41, 5.74) is 1.63. The first-order valence-corrected chi connectivity index (χ1v) is 10.8. The highest BCUT2D eigenvalue weighted by Gasteiger charge is 2.17. The van der Waals surface area contributed by atoms with Crippen LogP contribution in [0.4, 0.5) is 21.9 Å². The zero-order valence-electron chi connectivity index (χ0n) is 19.1. The molecule has 1 aliphatic heterocycles. The van der Waals surface area contributed by atoms with Gasteiger partial charge in [-0.05, 0) is 69.3 Å². The second kappa shape index (κ2) is 10.9. The van der Waals surface area contributed by atoms with Crippen molar-refractivity contribution in [3.8, 4) is 0 Å². The Hall–Kier alpha value is -3.43. The number of nitrogens with one attached hydrogen (secondary N) is 3. The molecule has 1 fully saturated rings. The van der Waals surface area contributed by atoms with Crippen molar-refractivity contribution in [1.29, 1.82) is 0 Å². The lowest BCUT2D eigenvalue weighted by molar-refractivity contribution is -0.118. The van der Waals surface area contributed by atoms with E-state index in [0.717, 1.165) is 13.1 Å². The number of ether oxygens (including phenoxy) is 2. The number of amides is 3. The van der Waals surface area contributed by atoms with E-state index in [2.05, 4.69) is 16.0 Å². The molecule has 1 aliphatic rings. The molecule has 2 aromatic carbocycles. The van der Waals surface area contributed by atoms with Crippen LogP contribution in [-0.2, 0) is 14.3 Å². The molecule has 9 nitrogen and oxygen atoms in total. The smallest absolute Gasteiger partial charge is 0.412 e. The first-order valence-electron chi connectivity index (χ1n) is 10.8. The Balaban J connectivity index is 1.48. The molecule has 0 aromatic heterocycles. The summed E-state index contributed by atoms with van der Waals surface area (Å²) >= 11 is 0. The fourth-order valence-corrected chi connectivity index (χ4v) is 3.13. The van der Waals surface area contributed by atoms with Crippen LogP contribution in [0.5, 0.6) is 0 Å². The van der Waals surface area contributed by atoms with Gasteiger partial charge in [-0.25, -0.2) is 4.79 Å². The fraction of sp³-hybridized carbons (Fsp3) is 0.375. The zero-order chi connectivity index (χ0) is 23.8. The number of anilines is 3. The third-order valence-electron chi connectivity index (χ3n) is 4.69. The molecule has 0 bridgehead atoms. The van der Waals surface area contributed by atoms with Gasteiger partial charge in [-0.1, -0.05) is 0 Å². The molecule has 176 valence electrons. The monoisotopic (exact) mass is 454 g/mol. The predicted molar refractivity (Wildman–Crippen MR) is 127 cm³/mol. The molecule has 2 aromatic rings. The van der Waals surface area contributed by atoms with Crippen LogP contribution in [-0.4, -0.2) is 61.3 Å². The SMILES string of the molecule is CC(C)(C)OC(=O)Nc1ccc(C(=O)Nc2ccc(NC(=O)CN3CCOCC3)cc2)cc1. The van der Waals surface area contributed by atoms with Crippen LogP contribution >= 0.6 is 0 Å². The highest BCUT2D eigenvalue weighted by molar-refractivity contribution is 6.04. The van der Waals surface area contributed by atoms with E-state index in [-0.39, 0.29) is 11.8 Å². The van der Waals surface area contributed by atoms with Gasteiger partial charge in [-0.15, -0.1) is 0 Å². The topological polar surface area (TPSA) is 109 Å². The molecule has 9 heteroatoms. The van der Waals surface area contributed by atoms with Crippen molar-refractivity contribution in [3.63, 3.8) is 0 Å². The zero-order valence-corrected chi connectivity index (χ0v) is 19.1. The summed E-state index contributed by atoms with van der Waals surface area (Å²) in [7, 11) is 0. The Morgan fingerprint density at radius 3 is 1.94 bits per heavy atom. The highest BCUT2D eigenvalue weighted by atomic mass is 16.6. The predicted octanol–water partition coefficient (Wildman–Crippen LogP) is 3.56. The first-order chi connectivity index (χ1) is 15.7. The average Bonchev–Trinajstić information content (AvgIpc) is 2.75. The van der Waals surface area contributed by atoms with Crippen molar-refractivity contribution >= 4 is 35.0 Å². The van der Waals surface area contributed by atoms with Crippen LogP contribution in [0.15, 0.2) is 48.5 Å². The Kier molecular flexibility index (Phi) is 8.02. The van der Waals surface area contributed by atoms with Crippen LogP contribution in [0.25, 0.3) is 0 Å². The van der Waals surface area contributed by atoms with Gasteiger partial charge in [0.25, 0.3) is 5.91 Å².